The number of amides is 1. The molecule has 8 nitrogen and oxygen atoms in total. The zero-order valence-corrected chi connectivity index (χ0v) is 25.2. The first kappa shape index (κ1) is 29.4. The third-order valence-electron chi connectivity index (χ3n) is 8.44. The van der Waals surface area contributed by atoms with Crippen molar-refractivity contribution in [2.24, 2.45) is 11.7 Å². The Morgan fingerprint density at radius 1 is 0.977 bits per heavy atom. The number of aromatic nitrogens is 1. The molecule has 44 heavy (non-hydrogen) atoms. The summed E-state index contributed by atoms with van der Waals surface area (Å²) in [6.45, 7) is 7.04. The molecule has 1 unspecified atom stereocenters. The van der Waals surface area contributed by atoms with Crippen molar-refractivity contribution in [3.8, 4) is 11.1 Å². The number of ether oxygens (including phenoxy) is 1. The van der Waals surface area contributed by atoms with E-state index in [1.54, 1.807) is 6.20 Å². The molecule has 8 heteroatoms. The number of allylic oxidation sites excluding steroid dienone is 5. The van der Waals surface area contributed by atoms with Crippen LogP contribution in [0.15, 0.2) is 107 Å². The fourth-order valence-corrected chi connectivity index (χ4v) is 5.87. The van der Waals surface area contributed by atoms with Crippen LogP contribution in [0.5, 0.6) is 0 Å². The van der Waals surface area contributed by atoms with Crippen molar-refractivity contribution < 1.29 is 9.53 Å². The fourth-order valence-electron chi connectivity index (χ4n) is 5.87. The average molecular weight is 590 g/mol. The second kappa shape index (κ2) is 12.9. The maximum atomic E-state index is 13.7. The summed E-state index contributed by atoms with van der Waals surface area (Å²) in [4.78, 5) is 27.3. The highest BCUT2D eigenvalue weighted by molar-refractivity contribution is 6.04. The van der Waals surface area contributed by atoms with Gasteiger partial charge >= 0.3 is 0 Å². The number of nitrogens with two attached hydrogens (primary N) is 1. The van der Waals surface area contributed by atoms with Crippen LogP contribution in [0, 0.1) is 12.8 Å². The summed E-state index contributed by atoms with van der Waals surface area (Å²) >= 11 is 0. The van der Waals surface area contributed by atoms with E-state index >= 15 is 0 Å². The molecule has 0 saturated carbocycles. The molecule has 2 aromatic carbocycles. The number of nitrogens with one attached hydrogen (secondary N) is 3. The highest BCUT2D eigenvalue weighted by Gasteiger charge is 2.21. The minimum absolute atomic E-state index is 0.119. The van der Waals surface area contributed by atoms with Crippen LogP contribution in [0.3, 0.4) is 0 Å². The number of anilines is 1. The average Bonchev–Trinajstić information content (AvgIpc) is 3.03. The van der Waals surface area contributed by atoms with Gasteiger partial charge in [0.1, 0.15) is 11.7 Å². The quantitative estimate of drug-likeness (QED) is 0.306. The van der Waals surface area contributed by atoms with Crippen molar-refractivity contribution in [2.75, 3.05) is 25.1 Å². The Hall–Kier alpha value is -4.66. The lowest BCUT2D eigenvalue weighted by Gasteiger charge is -2.24. The van der Waals surface area contributed by atoms with Crippen LogP contribution in [0.25, 0.3) is 16.7 Å². The van der Waals surface area contributed by atoms with Crippen molar-refractivity contribution in [3.05, 3.63) is 129 Å². The van der Waals surface area contributed by atoms with Gasteiger partial charge in [-0.15, -0.1) is 0 Å². The third kappa shape index (κ3) is 6.61. The fraction of sp³-hybridized carbons (Fsp3) is 0.278. The summed E-state index contributed by atoms with van der Waals surface area (Å²) in [5.74, 6) is -0.00471. The molecule has 5 N–H and O–H groups in total. The lowest BCUT2D eigenvalue weighted by molar-refractivity contribution is 0.0612. The molecule has 1 aromatic heterocycles. The van der Waals surface area contributed by atoms with Crippen LogP contribution >= 0.6 is 0 Å². The number of aryl methyl sites for hydroxylation is 1. The Balaban J connectivity index is 1.25. The van der Waals surface area contributed by atoms with E-state index in [1.165, 1.54) is 0 Å². The molecule has 3 aromatic rings. The van der Waals surface area contributed by atoms with E-state index in [1.807, 2.05) is 79.3 Å². The summed E-state index contributed by atoms with van der Waals surface area (Å²) in [5.41, 5.74) is 14.5. The molecule has 0 aliphatic carbocycles. The van der Waals surface area contributed by atoms with Gasteiger partial charge in [0.25, 0.3) is 5.91 Å². The van der Waals surface area contributed by atoms with E-state index in [9.17, 15) is 9.59 Å². The summed E-state index contributed by atoms with van der Waals surface area (Å²) in [5, 5.41) is 9.52. The standard InChI is InChI=1S/C36H39N5O3/c1-23-3-5-27(6-4-23)32-21-41(20-25-12-15-44-16-13-25)22-33(34(32)42)36(43)40-30-9-7-26(8-10-30)31-18-29(19-39-35(31)37)28-11-14-38-24(2)17-28/h3-11,17-19,21-22,25,35,38-39H,12-16,20,37H2,1-2H3,(H,40,43). The van der Waals surface area contributed by atoms with Crippen molar-refractivity contribution in [2.45, 2.75) is 39.4 Å². The van der Waals surface area contributed by atoms with Gasteiger partial charge in [0.2, 0.25) is 5.43 Å². The highest BCUT2D eigenvalue weighted by Crippen LogP contribution is 2.28. The number of hydrogen-bond acceptors (Lipinski definition) is 6. The van der Waals surface area contributed by atoms with Crippen LogP contribution in [0.4, 0.5) is 5.69 Å². The van der Waals surface area contributed by atoms with E-state index in [4.69, 9.17) is 10.5 Å². The SMILES string of the molecule is CC1=CC(C2=CNC(N)C(c3ccc(NC(=O)c4cn(CC5CCOCC5)cc(-c5ccc(C)cc5)c4=O)cc3)=C2)=CCN1. The minimum atomic E-state index is -0.432. The predicted molar refractivity (Wildman–Crippen MR) is 176 cm³/mol. The number of carbonyl (C=O) groups is 1. The number of dihydropyridines is 2. The summed E-state index contributed by atoms with van der Waals surface area (Å²) in [6.07, 6.45) is 13.4. The molecule has 1 saturated heterocycles. The molecule has 3 aliphatic rings. The van der Waals surface area contributed by atoms with Gasteiger partial charge < -0.3 is 31.0 Å². The summed E-state index contributed by atoms with van der Waals surface area (Å²) in [7, 11) is 0. The molecule has 0 bridgehead atoms. The topological polar surface area (TPSA) is 110 Å². The van der Waals surface area contributed by atoms with E-state index in [2.05, 4.69) is 34.2 Å². The Morgan fingerprint density at radius 3 is 2.43 bits per heavy atom. The van der Waals surface area contributed by atoms with Crippen molar-refractivity contribution in [3.63, 3.8) is 0 Å². The largest absolute Gasteiger partial charge is 0.385 e. The van der Waals surface area contributed by atoms with Gasteiger partial charge in [-0.05, 0) is 84.7 Å². The van der Waals surface area contributed by atoms with Crippen LogP contribution in [-0.2, 0) is 11.3 Å². The first-order valence-electron chi connectivity index (χ1n) is 15.2. The molecule has 6 rings (SSSR count). The minimum Gasteiger partial charge on any atom is -0.385 e. The number of benzene rings is 2. The van der Waals surface area contributed by atoms with E-state index in [0.717, 1.165) is 78.3 Å². The van der Waals surface area contributed by atoms with Crippen molar-refractivity contribution in [1.29, 1.82) is 0 Å². The lowest BCUT2D eigenvalue weighted by atomic mass is 9.93. The Bertz CT molecular complexity index is 1720. The maximum absolute atomic E-state index is 13.7. The number of nitrogens with zero attached hydrogens (tertiary/aromatic N) is 1. The number of pyridine rings is 1. The van der Waals surface area contributed by atoms with Gasteiger partial charge in [-0.25, -0.2) is 0 Å². The Morgan fingerprint density at radius 2 is 1.70 bits per heavy atom. The molecule has 226 valence electrons. The third-order valence-corrected chi connectivity index (χ3v) is 8.44. The number of hydrogen-bond donors (Lipinski definition) is 4. The van der Waals surface area contributed by atoms with Crippen LogP contribution < -0.4 is 27.1 Å². The molecule has 1 amide bonds. The predicted octanol–water partition coefficient (Wildman–Crippen LogP) is 5.09. The number of carbonyl (C=O) groups excluding carboxylic acids is 1. The maximum Gasteiger partial charge on any atom is 0.261 e. The zero-order valence-electron chi connectivity index (χ0n) is 25.2. The van der Waals surface area contributed by atoms with E-state index in [0.29, 0.717) is 17.2 Å². The first-order chi connectivity index (χ1) is 21.3. The molecule has 3 aliphatic heterocycles. The molecular weight excluding hydrogens is 550 g/mol. The van der Waals surface area contributed by atoms with Crippen molar-refractivity contribution in [1.82, 2.24) is 15.2 Å². The van der Waals surface area contributed by atoms with Crippen LogP contribution in [0.2, 0.25) is 0 Å². The Labute approximate surface area is 258 Å². The van der Waals surface area contributed by atoms with Gasteiger partial charge in [0, 0.05) is 61.8 Å². The first-order valence-corrected chi connectivity index (χ1v) is 15.2. The summed E-state index contributed by atoms with van der Waals surface area (Å²) in [6, 6.07) is 15.4. The molecule has 0 spiro atoms. The second-order valence-electron chi connectivity index (χ2n) is 11.8. The van der Waals surface area contributed by atoms with Gasteiger partial charge in [-0.1, -0.05) is 48.0 Å². The van der Waals surface area contributed by atoms with Crippen LogP contribution in [0.1, 0.15) is 41.3 Å². The zero-order chi connectivity index (χ0) is 30.6. The van der Waals surface area contributed by atoms with E-state index < -0.39 is 5.91 Å². The van der Waals surface area contributed by atoms with Gasteiger partial charge in [0.15, 0.2) is 0 Å². The summed E-state index contributed by atoms with van der Waals surface area (Å²) < 4.78 is 7.53. The molecule has 1 fully saturated rings. The second-order valence-corrected chi connectivity index (χ2v) is 11.8. The Kier molecular flexibility index (Phi) is 8.63. The normalized spacial score (nSPS) is 18.7. The van der Waals surface area contributed by atoms with Gasteiger partial charge in [0.05, 0.1) is 0 Å². The van der Waals surface area contributed by atoms with E-state index in [-0.39, 0.29) is 17.2 Å². The smallest absolute Gasteiger partial charge is 0.261 e. The molecule has 1 atom stereocenters. The molecular formula is C36H39N5O3. The van der Waals surface area contributed by atoms with Crippen molar-refractivity contribution >= 4 is 17.2 Å². The molecule has 4 heterocycles. The van der Waals surface area contributed by atoms with Gasteiger partial charge in [-0.2, -0.15) is 0 Å². The van der Waals surface area contributed by atoms with Gasteiger partial charge in [-0.3, -0.25) is 9.59 Å². The highest BCUT2D eigenvalue weighted by atomic mass is 16.5. The monoisotopic (exact) mass is 589 g/mol. The number of rotatable bonds is 7. The lowest BCUT2D eigenvalue weighted by Crippen LogP contribution is -2.37. The molecule has 0 radical (unpaired) electrons. The van der Waals surface area contributed by atoms with Crippen LogP contribution in [-0.4, -0.2) is 36.4 Å².